The molecule has 0 spiro atoms. The SMILES string of the molecule is [C-]#[N+]c1cc2c(Br)cn(-c3ccc(=O)n(C)c3)c2cc1C. The molecule has 0 saturated heterocycles. The van der Waals surface area contributed by atoms with E-state index in [-0.39, 0.29) is 5.56 Å². The number of fused-ring (bicyclic) bond motifs is 1. The van der Waals surface area contributed by atoms with Crippen LogP contribution in [-0.2, 0) is 7.05 Å². The Morgan fingerprint density at radius 2 is 2.00 bits per heavy atom. The summed E-state index contributed by atoms with van der Waals surface area (Å²) in [6, 6.07) is 7.24. The Balaban J connectivity index is 2.33. The molecule has 0 N–H and O–H groups in total. The molecule has 0 aliphatic rings. The van der Waals surface area contributed by atoms with Crippen LogP contribution in [0.5, 0.6) is 0 Å². The fourth-order valence-electron chi connectivity index (χ4n) is 2.38. The van der Waals surface area contributed by atoms with Crippen molar-refractivity contribution in [3.8, 4) is 5.69 Å². The summed E-state index contributed by atoms with van der Waals surface area (Å²) >= 11 is 3.54. The van der Waals surface area contributed by atoms with Crippen molar-refractivity contribution in [1.82, 2.24) is 9.13 Å². The minimum atomic E-state index is -0.0410. The molecule has 21 heavy (non-hydrogen) atoms. The summed E-state index contributed by atoms with van der Waals surface area (Å²) in [5, 5.41) is 0.987. The number of halogens is 1. The van der Waals surface area contributed by atoms with E-state index in [0.717, 1.165) is 26.6 Å². The van der Waals surface area contributed by atoms with Crippen molar-refractivity contribution in [3.63, 3.8) is 0 Å². The van der Waals surface area contributed by atoms with Crippen molar-refractivity contribution in [3.05, 3.63) is 68.5 Å². The zero-order valence-corrected chi connectivity index (χ0v) is 13.2. The van der Waals surface area contributed by atoms with E-state index in [1.807, 2.05) is 29.8 Å². The van der Waals surface area contributed by atoms with Gasteiger partial charge >= 0.3 is 0 Å². The number of aromatic nitrogens is 2. The maximum absolute atomic E-state index is 11.5. The minimum Gasteiger partial charge on any atom is -0.316 e. The number of hydrogen-bond acceptors (Lipinski definition) is 1. The molecule has 2 aromatic heterocycles. The van der Waals surface area contributed by atoms with Crippen molar-refractivity contribution in [2.75, 3.05) is 0 Å². The molecule has 0 atom stereocenters. The lowest BCUT2D eigenvalue weighted by Crippen LogP contribution is -2.15. The number of pyridine rings is 1. The summed E-state index contributed by atoms with van der Waals surface area (Å²) in [5.41, 5.74) is 3.46. The Bertz CT molecular complexity index is 960. The van der Waals surface area contributed by atoms with Gasteiger partial charge < -0.3 is 9.13 Å². The molecule has 0 unspecified atom stereocenters. The largest absolute Gasteiger partial charge is 0.316 e. The van der Waals surface area contributed by atoms with Crippen LogP contribution >= 0.6 is 15.9 Å². The average molecular weight is 342 g/mol. The molecule has 4 nitrogen and oxygen atoms in total. The lowest BCUT2D eigenvalue weighted by atomic mass is 10.1. The third kappa shape index (κ3) is 2.18. The van der Waals surface area contributed by atoms with Gasteiger partial charge in [0.05, 0.1) is 17.8 Å². The second-order valence-electron chi connectivity index (χ2n) is 4.95. The van der Waals surface area contributed by atoms with Gasteiger partial charge in [-0.1, -0.05) is 0 Å². The maximum atomic E-state index is 11.5. The third-order valence-corrected chi connectivity index (χ3v) is 4.17. The fourth-order valence-corrected chi connectivity index (χ4v) is 2.90. The predicted octanol–water partition coefficient (Wildman–Crippen LogP) is 3.95. The van der Waals surface area contributed by atoms with Crippen LogP contribution in [0.15, 0.2) is 45.9 Å². The molecule has 1 aromatic carbocycles. The Hall–Kier alpha value is -2.32. The van der Waals surface area contributed by atoms with Gasteiger partial charge in [0.2, 0.25) is 5.56 Å². The molecular weight excluding hydrogens is 330 g/mol. The first-order chi connectivity index (χ1) is 10.0. The Labute approximate surface area is 130 Å². The quantitative estimate of drug-likeness (QED) is 0.616. The zero-order valence-electron chi connectivity index (χ0n) is 11.6. The summed E-state index contributed by atoms with van der Waals surface area (Å²) in [5.74, 6) is 0. The van der Waals surface area contributed by atoms with Crippen LogP contribution in [0.4, 0.5) is 5.69 Å². The summed E-state index contributed by atoms with van der Waals surface area (Å²) in [6.07, 6.45) is 3.75. The van der Waals surface area contributed by atoms with Crippen molar-refractivity contribution in [2.24, 2.45) is 7.05 Å². The molecule has 0 aliphatic carbocycles. The van der Waals surface area contributed by atoms with Crippen LogP contribution in [0.25, 0.3) is 21.4 Å². The van der Waals surface area contributed by atoms with E-state index >= 15 is 0 Å². The first-order valence-corrected chi connectivity index (χ1v) is 7.16. The van der Waals surface area contributed by atoms with Gasteiger partial charge in [0.1, 0.15) is 0 Å². The highest BCUT2D eigenvalue weighted by Crippen LogP contribution is 2.33. The van der Waals surface area contributed by atoms with Crippen LogP contribution in [0.3, 0.4) is 0 Å². The first kappa shape index (κ1) is 13.7. The van der Waals surface area contributed by atoms with Gasteiger partial charge in [-0.05, 0) is 46.6 Å². The summed E-state index contributed by atoms with van der Waals surface area (Å²) in [4.78, 5) is 15.1. The van der Waals surface area contributed by atoms with Crippen molar-refractivity contribution >= 4 is 32.5 Å². The number of aryl methyl sites for hydroxylation is 2. The van der Waals surface area contributed by atoms with Crippen LogP contribution < -0.4 is 5.56 Å². The van der Waals surface area contributed by atoms with E-state index in [0.29, 0.717) is 5.69 Å². The normalized spacial score (nSPS) is 10.8. The van der Waals surface area contributed by atoms with E-state index in [9.17, 15) is 4.79 Å². The zero-order chi connectivity index (χ0) is 15.1. The molecule has 5 heteroatoms. The topological polar surface area (TPSA) is 31.3 Å². The number of hydrogen-bond donors (Lipinski definition) is 0. The highest BCUT2D eigenvalue weighted by Gasteiger charge is 2.11. The highest BCUT2D eigenvalue weighted by atomic mass is 79.9. The Morgan fingerprint density at radius 1 is 1.24 bits per heavy atom. The van der Waals surface area contributed by atoms with Gasteiger partial charge in [0.25, 0.3) is 0 Å². The predicted molar refractivity (Wildman–Crippen MR) is 87.2 cm³/mol. The van der Waals surface area contributed by atoms with Gasteiger partial charge in [-0.2, -0.15) is 0 Å². The van der Waals surface area contributed by atoms with E-state index in [1.54, 1.807) is 29.9 Å². The average Bonchev–Trinajstić information content (AvgIpc) is 2.77. The van der Waals surface area contributed by atoms with E-state index < -0.39 is 0 Å². The van der Waals surface area contributed by atoms with Gasteiger partial charge in [0.15, 0.2) is 5.69 Å². The van der Waals surface area contributed by atoms with Crippen LogP contribution in [0, 0.1) is 13.5 Å². The summed E-state index contributed by atoms with van der Waals surface area (Å²) < 4.78 is 4.49. The molecule has 0 fully saturated rings. The molecule has 0 bridgehead atoms. The Kier molecular flexibility index (Phi) is 3.19. The molecule has 2 heterocycles. The smallest absolute Gasteiger partial charge is 0.250 e. The van der Waals surface area contributed by atoms with Crippen molar-refractivity contribution in [1.29, 1.82) is 0 Å². The van der Waals surface area contributed by atoms with Crippen LogP contribution in [-0.4, -0.2) is 9.13 Å². The Morgan fingerprint density at radius 3 is 2.67 bits per heavy atom. The highest BCUT2D eigenvalue weighted by molar-refractivity contribution is 9.10. The van der Waals surface area contributed by atoms with Crippen molar-refractivity contribution in [2.45, 2.75) is 6.92 Å². The number of rotatable bonds is 1. The van der Waals surface area contributed by atoms with Gasteiger partial charge in [-0.3, -0.25) is 4.79 Å². The maximum Gasteiger partial charge on any atom is 0.250 e. The number of nitrogens with zero attached hydrogens (tertiary/aromatic N) is 3. The lowest BCUT2D eigenvalue weighted by molar-refractivity contribution is 0.847. The van der Waals surface area contributed by atoms with E-state index in [2.05, 4.69) is 20.8 Å². The lowest BCUT2D eigenvalue weighted by Gasteiger charge is -2.08. The standard InChI is InChI=1S/C16H12BrN3O/c1-10-6-15-12(7-14(10)18-2)13(17)9-20(15)11-4-5-16(21)19(3)8-11/h4-9H,1,3H3. The summed E-state index contributed by atoms with van der Waals surface area (Å²) in [7, 11) is 1.73. The molecule has 3 rings (SSSR count). The fraction of sp³-hybridized carbons (Fsp3) is 0.125. The van der Waals surface area contributed by atoms with Crippen LogP contribution in [0.1, 0.15) is 5.56 Å². The molecule has 0 saturated carbocycles. The molecule has 0 radical (unpaired) electrons. The molecule has 3 aromatic rings. The van der Waals surface area contributed by atoms with Crippen LogP contribution in [0.2, 0.25) is 0 Å². The molecule has 0 amide bonds. The third-order valence-electron chi connectivity index (χ3n) is 3.54. The monoisotopic (exact) mass is 341 g/mol. The van der Waals surface area contributed by atoms with Gasteiger partial charge in [-0.15, -0.1) is 0 Å². The minimum absolute atomic E-state index is 0.0410. The van der Waals surface area contributed by atoms with E-state index in [1.165, 1.54) is 0 Å². The summed E-state index contributed by atoms with van der Waals surface area (Å²) in [6.45, 7) is 9.15. The number of benzene rings is 1. The second kappa shape index (κ2) is 4.90. The van der Waals surface area contributed by atoms with E-state index in [4.69, 9.17) is 6.57 Å². The molecule has 0 aliphatic heterocycles. The van der Waals surface area contributed by atoms with Gasteiger partial charge in [-0.25, -0.2) is 4.85 Å². The van der Waals surface area contributed by atoms with Gasteiger partial charge in [0, 0.05) is 35.4 Å². The first-order valence-electron chi connectivity index (χ1n) is 6.37. The van der Waals surface area contributed by atoms with Crippen molar-refractivity contribution < 1.29 is 0 Å². The second-order valence-corrected chi connectivity index (χ2v) is 5.81. The molecule has 104 valence electrons. The molecular formula is C16H12BrN3O.